The maximum absolute atomic E-state index is 13.0. The number of aromatic amines is 1. The Hall–Kier alpha value is -2.71. The van der Waals surface area contributed by atoms with Gasteiger partial charge in [0, 0.05) is 40.8 Å². The van der Waals surface area contributed by atoms with Crippen LogP contribution in [0.15, 0.2) is 24.3 Å². The number of amides is 1. The van der Waals surface area contributed by atoms with Crippen LogP contribution in [0.25, 0.3) is 10.9 Å². The average molecular weight is 400 g/mol. The number of carbonyl (C=O) groups excluding carboxylic acids is 1. The number of nitrogens with zero attached hydrogens (tertiary/aromatic N) is 4. The zero-order chi connectivity index (χ0) is 19.9. The van der Waals surface area contributed by atoms with Gasteiger partial charge in [-0.15, -0.1) is 0 Å². The normalized spacial score (nSPS) is 16.4. The van der Waals surface area contributed by atoms with Crippen LogP contribution < -0.4 is 11.1 Å². The van der Waals surface area contributed by atoms with Gasteiger partial charge in [0.05, 0.1) is 5.52 Å². The molecule has 1 aliphatic heterocycles. The van der Waals surface area contributed by atoms with E-state index in [1.165, 1.54) is 0 Å². The molecule has 146 valence electrons. The monoisotopic (exact) mass is 399 g/mol. The number of nitrogens with two attached hydrogens (primary N) is 1. The second kappa shape index (κ2) is 7.03. The highest BCUT2D eigenvalue weighted by Gasteiger charge is 2.30. The molecule has 3 heterocycles. The van der Waals surface area contributed by atoms with Crippen molar-refractivity contribution in [3.05, 3.63) is 40.8 Å². The first-order valence-electron chi connectivity index (χ1n) is 9.15. The first-order chi connectivity index (χ1) is 13.3. The Morgan fingerprint density at radius 2 is 2.04 bits per heavy atom. The lowest BCUT2D eigenvalue weighted by Crippen LogP contribution is -2.50. The fourth-order valence-corrected chi connectivity index (χ4v) is 3.43. The number of anilines is 2. The van der Waals surface area contributed by atoms with Gasteiger partial charge in [-0.05, 0) is 44.9 Å². The first kappa shape index (κ1) is 18.6. The molecule has 9 heteroatoms. The highest BCUT2D eigenvalue weighted by molar-refractivity contribution is 6.31. The van der Waals surface area contributed by atoms with E-state index in [1.807, 2.05) is 19.9 Å². The zero-order valence-electron chi connectivity index (χ0n) is 15.8. The molecule has 0 spiro atoms. The number of rotatable bonds is 3. The lowest BCUT2D eigenvalue weighted by atomic mass is 9.91. The number of halogens is 1. The summed E-state index contributed by atoms with van der Waals surface area (Å²) in [5.41, 5.74) is 7.49. The van der Waals surface area contributed by atoms with E-state index in [1.54, 1.807) is 23.1 Å². The number of piperidine rings is 1. The smallest absolute Gasteiger partial charge is 0.291 e. The average Bonchev–Trinajstić information content (AvgIpc) is 3.06. The molecule has 1 aliphatic rings. The number of carbonyl (C=O) groups is 1. The number of nitrogens with one attached hydrogen (secondary N) is 2. The van der Waals surface area contributed by atoms with Crippen LogP contribution in [0.1, 0.15) is 36.1 Å². The van der Waals surface area contributed by atoms with E-state index in [4.69, 9.17) is 17.3 Å². The standard InChI is InChI=1S/C19H22ClN7O/c1-11-9-15(26-25-11)23-16-13-10-12(20)3-4-14(13)22-17(24-16)18(28)27-7-5-19(2,21)6-8-27/h3-4,9-10H,5-8,21H2,1-2H3,(H2,22,23,24,25,26). The molecule has 0 saturated carbocycles. The molecule has 8 nitrogen and oxygen atoms in total. The number of benzene rings is 1. The fraction of sp³-hybridized carbons (Fsp3) is 0.368. The topological polar surface area (TPSA) is 113 Å². The molecule has 28 heavy (non-hydrogen) atoms. The van der Waals surface area contributed by atoms with Crippen molar-refractivity contribution in [2.45, 2.75) is 32.2 Å². The van der Waals surface area contributed by atoms with Gasteiger partial charge in [0.2, 0.25) is 5.82 Å². The molecule has 0 bridgehead atoms. The van der Waals surface area contributed by atoms with Crippen molar-refractivity contribution in [2.24, 2.45) is 5.73 Å². The minimum absolute atomic E-state index is 0.144. The van der Waals surface area contributed by atoms with Gasteiger partial charge in [-0.1, -0.05) is 11.6 Å². The van der Waals surface area contributed by atoms with Gasteiger partial charge in [-0.2, -0.15) is 5.10 Å². The molecule has 1 amide bonds. The maximum atomic E-state index is 13.0. The van der Waals surface area contributed by atoms with E-state index in [2.05, 4.69) is 25.5 Å². The van der Waals surface area contributed by atoms with Crippen molar-refractivity contribution in [1.82, 2.24) is 25.1 Å². The number of fused-ring (bicyclic) bond motifs is 1. The molecular weight excluding hydrogens is 378 g/mol. The van der Waals surface area contributed by atoms with E-state index >= 15 is 0 Å². The Morgan fingerprint density at radius 3 is 2.71 bits per heavy atom. The molecule has 4 N–H and O–H groups in total. The Labute approximate surface area is 167 Å². The summed E-state index contributed by atoms with van der Waals surface area (Å²) < 4.78 is 0. The lowest BCUT2D eigenvalue weighted by Gasteiger charge is -2.36. The third-order valence-electron chi connectivity index (χ3n) is 4.99. The van der Waals surface area contributed by atoms with Gasteiger partial charge >= 0.3 is 0 Å². The van der Waals surface area contributed by atoms with Crippen LogP contribution in [0, 0.1) is 6.92 Å². The molecule has 0 radical (unpaired) electrons. The second-order valence-electron chi connectivity index (χ2n) is 7.56. The number of likely N-dealkylation sites (tertiary alicyclic amines) is 1. The van der Waals surface area contributed by atoms with Gasteiger partial charge in [0.25, 0.3) is 5.91 Å². The van der Waals surface area contributed by atoms with Crippen LogP contribution >= 0.6 is 11.6 Å². The van der Waals surface area contributed by atoms with Crippen molar-refractivity contribution in [3.63, 3.8) is 0 Å². The third kappa shape index (κ3) is 3.79. The summed E-state index contributed by atoms with van der Waals surface area (Å²) in [5.74, 6) is 1.04. The Bertz CT molecular complexity index is 1040. The van der Waals surface area contributed by atoms with E-state index < -0.39 is 0 Å². The molecule has 4 rings (SSSR count). The van der Waals surface area contributed by atoms with Crippen LogP contribution in [-0.4, -0.2) is 49.6 Å². The summed E-state index contributed by atoms with van der Waals surface area (Å²) in [5, 5.41) is 11.5. The maximum Gasteiger partial charge on any atom is 0.291 e. The van der Waals surface area contributed by atoms with Gasteiger partial charge in [0.15, 0.2) is 5.82 Å². The van der Waals surface area contributed by atoms with E-state index in [9.17, 15) is 4.79 Å². The SMILES string of the molecule is Cc1cc(Nc2nc(C(=O)N3CCC(C)(N)CC3)nc3ccc(Cl)cc23)n[nH]1. The summed E-state index contributed by atoms with van der Waals surface area (Å²) in [6, 6.07) is 7.15. The third-order valence-corrected chi connectivity index (χ3v) is 5.23. The molecule has 1 saturated heterocycles. The highest BCUT2D eigenvalue weighted by Crippen LogP contribution is 2.27. The van der Waals surface area contributed by atoms with E-state index in [0.717, 1.165) is 23.9 Å². The second-order valence-corrected chi connectivity index (χ2v) is 8.00. The van der Waals surface area contributed by atoms with Crippen molar-refractivity contribution in [1.29, 1.82) is 0 Å². The Morgan fingerprint density at radius 1 is 1.29 bits per heavy atom. The van der Waals surface area contributed by atoms with Crippen LogP contribution in [0.4, 0.5) is 11.6 Å². The minimum Gasteiger partial charge on any atom is -0.336 e. The van der Waals surface area contributed by atoms with E-state index in [0.29, 0.717) is 35.3 Å². The quantitative estimate of drug-likeness (QED) is 0.624. The number of aryl methyl sites for hydroxylation is 1. The molecule has 2 aromatic heterocycles. The van der Waals surface area contributed by atoms with Gasteiger partial charge in [-0.25, -0.2) is 9.97 Å². The van der Waals surface area contributed by atoms with Crippen LogP contribution in [0.3, 0.4) is 0 Å². The summed E-state index contributed by atoms with van der Waals surface area (Å²) in [6.07, 6.45) is 1.50. The fourth-order valence-electron chi connectivity index (χ4n) is 3.26. The molecule has 1 fully saturated rings. The van der Waals surface area contributed by atoms with Crippen molar-refractivity contribution in [3.8, 4) is 0 Å². The van der Waals surface area contributed by atoms with E-state index in [-0.39, 0.29) is 17.3 Å². The molecule has 0 atom stereocenters. The largest absolute Gasteiger partial charge is 0.336 e. The van der Waals surface area contributed by atoms with Crippen molar-refractivity contribution in [2.75, 3.05) is 18.4 Å². The summed E-state index contributed by atoms with van der Waals surface area (Å²) in [4.78, 5) is 23.7. The molecule has 1 aromatic carbocycles. The summed E-state index contributed by atoms with van der Waals surface area (Å²) in [7, 11) is 0. The number of H-pyrrole nitrogens is 1. The van der Waals surface area contributed by atoms with Crippen LogP contribution in [-0.2, 0) is 0 Å². The zero-order valence-corrected chi connectivity index (χ0v) is 16.5. The highest BCUT2D eigenvalue weighted by atomic mass is 35.5. The number of hydrogen-bond donors (Lipinski definition) is 3. The van der Waals surface area contributed by atoms with Gasteiger partial charge in [0.1, 0.15) is 5.82 Å². The Balaban J connectivity index is 1.71. The van der Waals surface area contributed by atoms with Crippen LogP contribution in [0.2, 0.25) is 5.02 Å². The molecule has 0 unspecified atom stereocenters. The van der Waals surface area contributed by atoms with Crippen molar-refractivity contribution >= 4 is 40.0 Å². The summed E-state index contributed by atoms with van der Waals surface area (Å²) >= 11 is 6.16. The van der Waals surface area contributed by atoms with Gasteiger partial charge < -0.3 is 16.0 Å². The van der Waals surface area contributed by atoms with Gasteiger partial charge in [-0.3, -0.25) is 9.89 Å². The summed E-state index contributed by atoms with van der Waals surface area (Å²) in [6.45, 7) is 5.10. The Kier molecular flexibility index (Phi) is 4.68. The van der Waals surface area contributed by atoms with Crippen molar-refractivity contribution < 1.29 is 4.79 Å². The molecule has 3 aromatic rings. The number of hydrogen-bond acceptors (Lipinski definition) is 6. The predicted molar refractivity (Wildman–Crippen MR) is 109 cm³/mol. The van der Waals surface area contributed by atoms with Crippen LogP contribution in [0.5, 0.6) is 0 Å². The minimum atomic E-state index is -0.234. The molecule has 0 aliphatic carbocycles. The first-order valence-corrected chi connectivity index (χ1v) is 9.53. The predicted octanol–water partition coefficient (Wildman–Crippen LogP) is 3.01. The molecular formula is C19H22ClN7O. The lowest BCUT2D eigenvalue weighted by molar-refractivity contribution is 0.0669. The number of aromatic nitrogens is 4.